The summed E-state index contributed by atoms with van der Waals surface area (Å²) in [4.78, 5) is 14.3. The summed E-state index contributed by atoms with van der Waals surface area (Å²) in [5.74, 6) is 0.602. The van der Waals surface area contributed by atoms with Gasteiger partial charge >= 0.3 is 0 Å². The Bertz CT molecular complexity index is 492. The molecule has 0 spiro atoms. The summed E-state index contributed by atoms with van der Waals surface area (Å²) in [5.41, 5.74) is 0.547. The predicted octanol–water partition coefficient (Wildman–Crippen LogP) is 1.48. The average Bonchev–Trinajstić information content (AvgIpc) is 2.93. The quantitative estimate of drug-likeness (QED) is 0.810. The number of phenols is 1. The number of carbonyl (C=O) groups is 1. The number of carbonyl (C=O) groups excluding carboxylic acids is 1. The lowest BCUT2D eigenvalue weighted by molar-refractivity contribution is 0.0737. The molecule has 2 aliphatic rings. The second-order valence-corrected chi connectivity index (χ2v) is 5.35. The molecule has 96 valence electrons. The highest BCUT2D eigenvalue weighted by Crippen LogP contribution is 2.30. The van der Waals surface area contributed by atoms with Crippen molar-refractivity contribution in [2.75, 3.05) is 19.6 Å². The standard InChI is InChI=1S/C13H15ClN2O2/c14-10-5-8(1-2-12(10)17)13(18)16-4-3-9-6-15-7-11(9)16/h1-2,5,9,11,15,17H,3-4,6-7H2/t9-,11+/m1/s1. The molecule has 1 aromatic carbocycles. The van der Waals surface area contributed by atoms with Gasteiger partial charge in [-0.1, -0.05) is 11.6 Å². The highest BCUT2D eigenvalue weighted by molar-refractivity contribution is 6.32. The van der Waals surface area contributed by atoms with Gasteiger partial charge in [0, 0.05) is 31.2 Å². The van der Waals surface area contributed by atoms with E-state index in [1.807, 2.05) is 4.90 Å². The van der Waals surface area contributed by atoms with Crippen molar-refractivity contribution in [3.63, 3.8) is 0 Å². The minimum Gasteiger partial charge on any atom is -0.506 e. The molecular formula is C13H15ClN2O2. The van der Waals surface area contributed by atoms with Crippen molar-refractivity contribution in [1.82, 2.24) is 10.2 Å². The first kappa shape index (κ1) is 11.8. The van der Waals surface area contributed by atoms with Crippen LogP contribution in [0.25, 0.3) is 0 Å². The smallest absolute Gasteiger partial charge is 0.254 e. The van der Waals surface area contributed by atoms with Crippen LogP contribution in [-0.2, 0) is 0 Å². The minimum atomic E-state index is 0.00750. The van der Waals surface area contributed by atoms with Gasteiger partial charge in [-0.05, 0) is 30.5 Å². The summed E-state index contributed by atoms with van der Waals surface area (Å²) >= 11 is 5.84. The van der Waals surface area contributed by atoms with Gasteiger partial charge < -0.3 is 15.3 Å². The van der Waals surface area contributed by atoms with Crippen LogP contribution >= 0.6 is 11.6 Å². The maximum absolute atomic E-state index is 12.4. The topological polar surface area (TPSA) is 52.6 Å². The van der Waals surface area contributed by atoms with E-state index in [0.29, 0.717) is 17.5 Å². The van der Waals surface area contributed by atoms with Gasteiger partial charge in [0.1, 0.15) is 5.75 Å². The van der Waals surface area contributed by atoms with E-state index in [2.05, 4.69) is 5.32 Å². The summed E-state index contributed by atoms with van der Waals surface area (Å²) in [6, 6.07) is 4.94. The fourth-order valence-electron chi connectivity index (χ4n) is 2.91. The third-order valence-electron chi connectivity index (χ3n) is 3.90. The van der Waals surface area contributed by atoms with Gasteiger partial charge in [-0.2, -0.15) is 0 Å². The number of halogens is 1. The molecule has 3 rings (SSSR count). The SMILES string of the molecule is O=C(c1ccc(O)c(Cl)c1)N1CC[C@@H]2CNC[C@@H]21. The zero-order valence-electron chi connectivity index (χ0n) is 9.90. The molecule has 1 amide bonds. The van der Waals surface area contributed by atoms with E-state index in [1.54, 1.807) is 6.07 Å². The van der Waals surface area contributed by atoms with E-state index in [1.165, 1.54) is 12.1 Å². The van der Waals surface area contributed by atoms with Crippen LogP contribution in [0, 0.1) is 5.92 Å². The Kier molecular flexibility index (Phi) is 2.92. The van der Waals surface area contributed by atoms with E-state index < -0.39 is 0 Å². The molecule has 2 aliphatic heterocycles. The summed E-state index contributed by atoms with van der Waals surface area (Å²) in [5, 5.41) is 12.9. The van der Waals surface area contributed by atoms with E-state index >= 15 is 0 Å². The number of hydrogen-bond donors (Lipinski definition) is 2. The lowest BCUT2D eigenvalue weighted by Gasteiger charge is -2.23. The van der Waals surface area contributed by atoms with Crippen LogP contribution in [0.4, 0.5) is 0 Å². The van der Waals surface area contributed by atoms with Crippen LogP contribution in [0.1, 0.15) is 16.8 Å². The Labute approximate surface area is 111 Å². The van der Waals surface area contributed by atoms with Crippen LogP contribution in [0.2, 0.25) is 5.02 Å². The van der Waals surface area contributed by atoms with Crippen molar-refractivity contribution in [2.45, 2.75) is 12.5 Å². The zero-order chi connectivity index (χ0) is 12.7. The summed E-state index contributed by atoms with van der Waals surface area (Å²) in [6.07, 6.45) is 1.06. The van der Waals surface area contributed by atoms with Crippen molar-refractivity contribution in [3.8, 4) is 5.75 Å². The predicted molar refractivity (Wildman–Crippen MR) is 68.9 cm³/mol. The van der Waals surface area contributed by atoms with Crippen LogP contribution in [0.3, 0.4) is 0 Å². The van der Waals surface area contributed by atoms with E-state index in [4.69, 9.17) is 11.6 Å². The molecule has 2 atom stereocenters. The molecular weight excluding hydrogens is 252 g/mol. The number of nitrogens with zero attached hydrogens (tertiary/aromatic N) is 1. The second kappa shape index (κ2) is 4.44. The molecule has 0 aliphatic carbocycles. The number of likely N-dealkylation sites (tertiary alicyclic amines) is 1. The van der Waals surface area contributed by atoms with Crippen molar-refractivity contribution in [3.05, 3.63) is 28.8 Å². The van der Waals surface area contributed by atoms with E-state index in [-0.39, 0.29) is 16.7 Å². The Morgan fingerprint density at radius 1 is 1.44 bits per heavy atom. The monoisotopic (exact) mass is 266 g/mol. The van der Waals surface area contributed by atoms with E-state index in [0.717, 1.165) is 26.1 Å². The number of hydrogen-bond acceptors (Lipinski definition) is 3. The number of fused-ring (bicyclic) bond motifs is 1. The highest BCUT2D eigenvalue weighted by Gasteiger charge is 2.40. The molecule has 2 heterocycles. The fourth-order valence-corrected chi connectivity index (χ4v) is 3.09. The highest BCUT2D eigenvalue weighted by atomic mass is 35.5. The number of nitrogens with one attached hydrogen (secondary N) is 1. The van der Waals surface area contributed by atoms with Crippen LogP contribution < -0.4 is 5.32 Å². The van der Waals surface area contributed by atoms with Gasteiger partial charge in [0.15, 0.2) is 0 Å². The van der Waals surface area contributed by atoms with Gasteiger partial charge in [0.25, 0.3) is 5.91 Å². The lowest BCUT2D eigenvalue weighted by atomic mass is 10.0. The summed E-state index contributed by atoms with van der Waals surface area (Å²) < 4.78 is 0. The maximum atomic E-state index is 12.4. The van der Waals surface area contributed by atoms with Crippen molar-refractivity contribution < 1.29 is 9.90 Å². The first-order valence-electron chi connectivity index (χ1n) is 6.17. The molecule has 1 aromatic rings. The molecule has 2 fully saturated rings. The summed E-state index contributed by atoms with van der Waals surface area (Å²) in [6.45, 7) is 2.70. The summed E-state index contributed by atoms with van der Waals surface area (Å²) in [7, 11) is 0. The molecule has 0 saturated carbocycles. The van der Waals surface area contributed by atoms with Gasteiger partial charge in [0.05, 0.1) is 5.02 Å². The third-order valence-corrected chi connectivity index (χ3v) is 4.20. The van der Waals surface area contributed by atoms with Crippen molar-refractivity contribution >= 4 is 17.5 Å². The zero-order valence-corrected chi connectivity index (χ0v) is 10.7. The maximum Gasteiger partial charge on any atom is 0.254 e. The Morgan fingerprint density at radius 2 is 2.28 bits per heavy atom. The Balaban J connectivity index is 1.84. The Morgan fingerprint density at radius 3 is 3.06 bits per heavy atom. The van der Waals surface area contributed by atoms with Crippen molar-refractivity contribution in [2.24, 2.45) is 5.92 Å². The minimum absolute atomic E-state index is 0.00750. The average molecular weight is 267 g/mol. The van der Waals surface area contributed by atoms with Crippen LogP contribution in [0.5, 0.6) is 5.75 Å². The van der Waals surface area contributed by atoms with E-state index in [9.17, 15) is 9.90 Å². The first-order chi connectivity index (χ1) is 8.66. The van der Waals surface area contributed by atoms with Gasteiger partial charge in [-0.3, -0.25) is 4.79 Å². The molecule has 4 nitrogen and oxygen atoms in total. The molecule has 5 heteroatoms. The number of amides is 1. The largest absolute Gasteiger partial charge is 0.506 e. The number of phenolic OH excluding ortho intramolecular Hbond substituents is 1. The number of aromatic hydroxyl groups is 1. The second-order valence-electron chi connectivity index (χ2n) is 4.94. The van der Waals surface area contributed by atoms with Crippen LogP contribution in [0.15, 0.2) is 18.2 Å². The van der Waals surface area contributed by atoms with Crippen LogP contribution in [-0.4, -0.2) is 41.6 Å². The lowest BCUT2D eigenvalue weighted by Crippen LogP contribution is -2.39. The first-order valence-corrected chi connectivity index (χ1v) is 6.55. The number of benzene rings is 1. The van der Waals surface area contributed by atoms with Gasteiger partial charge in [-0.25, -0.2) is 0 Å². The molecule has 0 aromatic heterocycles. The molecule has 2 saturated heterocycles. The molecule has 0 unspecified atom stereocenters. The fraction of sp³-hybridized carbons (Fsp3) is 0.462. The van der Waals surface area contributed by atoms with Crippen molar-refractivity contribution in [1.29, 1.82) is 0 Å². The molecule has 0 bridgehead atoms. The van der Waals surface area contributed by atoms with Gasteiger partial charge in [0.2, 0.25) is 0 Å². The normalized spacial score (nSPS) is 26.4. The van der Waals surface area contributed by atoms with Gasteiger partial charge in [-0.15, -0.1) is 0 Å². The Hall–Kier alpha value is -1.26. The molecule has 18 heavy (non-hydrogen) atoms. The molecule has 2 N–H and O–H groups in total. The molecule has 0 radical (unpaired) electrons. The third kappa shape index (κ3) is 1.85. The number of rotatable bonds is 1.